The third kappa shape index (κ3) is 7.64. The Morgan fingerprint density at radius 3 is 1.94 bits per heavy atom. The minimum Gasteiger partial charge on any atom is -0.497 e. The first-order valence-corrected chi connectivity index (χ1v) is 11.4. The van der Waals surface area contributed by atoms with Gasteiger partial charge in [-0.3, -0.25) is 9.59 Å². The lowest BCUT2D eigenvalue weighted by Gasteiger charge is -2.12. The van der Waals surface area contributed by atoms with Crippen molar-refractivity contribution in [2.45, 2.75) is 19.8 Å². The number of nitrogens with one attached hydrogen (secondary N) is 2. The third-order valence-corrected chi connectivity index (χ3v) is 5.15. The van der Waals surface area contributed by atoms with Gasteiger partial charge in [0, 0.05) is 11.3 Å². The fourth-order valence-electron chi connectivity index (χ4n) is 3.13. The zero-order valence-electron chi connectivity index (χ0n) is 20.2. The number of unbranched alkanes of at least 4 members (excludes halogenated alkanes) is 1. The van der Waals surface area contributed by atoms with Crippen molar-refractivity contribution in [1.29, 1.82) is 0 Å². The molecule has 7 heteroatoms. The van der Waals surface area contributed by atoms with Gasteiger partial charge in [0.25, 0.3) is 11.8 Å². The van der Waals surface area contributed by atoms with Crippen molar-refractivity contribution in [3.05, 3.63) is 89.6 Å². The van der Waals surface area contributed by atoms with Crippen molar-refractivity contribution in [2.75, 3.05) is 26.1 Å². The molecule has 0 bridgehead atoms. The molecule has 0 aliphatic carbocycles. The van der Waals surface area contributed by atoms with Gasteiger partial charge in [-0.25, -0.2) is 0 Å². The van der Waals surface area contributed by atoms with Crippen LogP contribution in [0.5, 0.6) is 17.2 Å². The van der Waals surface area contributed by atoms with E-state index in [1.807, 2.05) is 0 Å². The van der Waals surface area contributed by atoms with Gasteiger partial charge in [0.15, 0.2) is 0 Å². The number of hydrogen-bond acceptors (Lipinski definition) is 5. The van der Waals surface area contributed by atoms with Gasteiger partial charge in [0.1, 0.15) is 22.9 Å². The second kappa shape index (κ2) is 12.8. The summed E-state index contributed by atoms with van der Waals surface area (Å²) in [5, 5.41) is 5.55. The second-order valence-electron chi connectivity index (χ2n) is 7.69. The van der Waals surface area contributed by atoms with E-state index < -0.39 is 11.8 Å². The molecule has 3 aromatic carbocycles. The lowest BCUT2D eigenvalue weighted by molar-refractivity contribution is -0.113. The first-order valence-electron chi connectivity index (χ1n) is 11.4. The van der Waals surface area contributed by atoms with Crippen LogP contribution >= 0.6 is 0 Å². The molecule has 35 heavy (non-hydrogen) atoms. The molecule has 0 heterocycles. The van der Waals surface area contributed by atoms with Crippen molar-refractivity contribution in [2.24, 2.45) is 0 Å². The van der Waals surface area contributed by atoms with Gasteiger partial charge in [-0.15, -0.1) is 0 Å². The van der Waals surface area contributed by atoms with E-state index in [4.69, 9.17) is 14.2 Å². The Morgan fingerprint density at radius 2 is 1.37 bits per heavy atom. The van der Waals surface area contributed by atoms with Crippen molar-refractivity contribution in [3.8, 4) is 17.2 Å². The Kier molecular flexibility index (Phi) is 9.31. The van der Waals surface area contributed by atoms with Gasteiger partial charge in [0.2, 0.25) is 0 Å². The first-order chi connectivity index (χ1) is 17.0. The van der Waals surface area contributed by atoms with Gasteiger partial charge in [-0.1, -0.05) is 25.5 Å². The SMILES string of the molecule is CCCCOc1ccc(C(=O)NC(=Cc2ccc(OC)cc2)C(=O)Nc2ccc(OC)cc2)cc1. The number of amides is 2. The summed E-state index contributed by atoms with van der Waals surface area (Å²) in [5.74, 6) is 1.19. The van der Waals surface area contributed by atoms with Crippen LogP contribution in [0, 0.1) is 0 Å². The van der Waals surface area contributed by atoms with Crippen LogP contribution in [-0.4, -0.2) is 32.6 Å². The molecule has 3 aromatic rings. The average Bonchev–Trinajstić information content (AvgIpc) is 2.89. The molecule has 0 aliphatic heterocycles. The Hall–Kier alpha value is -4.26. The zero-order valence-corrected chi connectivity index (χ0v) is 20.2. The Balaban J connectivity index is 1.79. The topological polar surface area (TPSA) is 85.9 Å². The molecule has 182 valence electrons. The Labute approximate surface area is 205 Å². The molecule has 7 nitrogen and oxygen atoms in total. The molecular weight excluding hydrogens is 444 g/mol. The van der Waals surface area contributed by atoms with Crippen LogP contribution in [0.1, 0.15) is 35.7 Å². The van der Waals surface area contributed by atoms with E-state index in [2.05, 4.69) is 17.6 Å². The maximum absolute atomic E-state index is 13.1. The van der Waals surface area contributed by atoms with E-state index >= 15 is 0 Å². The third-order valence-electron chi connectivity index (χ3n) is 5.15. The van der Waals surface area contributed by atoms with E-state index in [-0.39, 0.29) is 5.70 Å². The maximum Gasteiger partial charge on any atom is 0.272 e. The molecule has 2 N–H and O–H groups in total. The monoisotopic (exact) mass is 474 g/mol. The molecule has 0 atom stereocenters. The standard InChI is InChI=1S/C28H30N2O5/c1-4-5-18-35-25-14-8-21(9-15-25)27(31)30-26(19-20-6-12-23(33-2)13-7-20)28(32)29-22-10-16-24(34-3)17-11-22/h6-17,19H,4-5,18H2,1-3H3,(H,29,32)(H,30,31). The number of carbonyl (C=O) groups is 2. The highest BCUT2D eigenvalue weighted by Gasteiger charge is 2.15. The molecule has 0 spiro atoms. The predicted molar refractivity (Wildman–Crippen MR) is 137 cm³/mol. The van der Waals surface area contributed by atoms with Gasteiger partial charge in [-0.2, -0.15) is 0 Å². The molecule has 0 unspecified atom stereocenters. The summed E-state index contributed by atoms with van der Waals surface area (Å²) >= 11 is 0. The van der Waals surface area contributed by atoms with Crippen LogP contribution in [0.4, 0.5) is 5.69 Å². The van der Waals surface area contributed by atoms with E-state index in [0.717, 1.165) is 18.4 Å². The normalized spacial score (nSPS) is 10.9. The fourth-order valence-corrected chi connectivity index (χ4v) is 3.13. The minimum atomic E-state index is -0.459. The van der Waals surface area contributed by atoms with Crippen LogP contribution < -0.4 is 24.8 Å². The zero-order chi connectivity index (χ0) is 25.0. The van der Waals surface area contributed by atoms with E-state index in [0.29, 0.717) is 35.1 Å². The quantitative estimate of drug-likeness (QED) is 0.291. The number of hydrogen-bond donors (Lipinski definition) is 2. The number of ether oxygens (including phenoxy) is 3. The van der Waals surface area contributed by atoms with E-state index in [1.54, 1.807) is 93.1 Å². The average molecular weight is 475 g/mol. The van der Waals surface area contributed by atoms with Crippen LogP contribution in [0.2, 0.25) is 0 Å². The number of anilines is 1. The summed E-state index contributed by atoms with van der Waals surface area (Å²) in [7, 11) is 3.15. The summed E-state index contributed by atoms with van der Waals surface area (Å²) in [4.78, 5) is 26.0. The predicted octanol–water partition coefficient (Wildman–Crippen LogP) is 5.29. The highest BCUT2D eigenvalue weighted by Crippen LogP contribution is 2.18. The van der Waals surface area contributed by atoms with Gasteiger partial charge in [-0.05, 0) is 78.7 Å². The Bertz CT molecular complexity index is 1140. The summed E-state index contributed by atoms with van der Waals surface area (Å²) in [5.41, 5.74) is 1.80. The highest BCUT2D eigenvalue weighted by atomic mass is 16.5. The molecule has 3 rings (SSSR count). The smallest absolute Gasteiger partial charge is 0.272 e. The van der Waals surface area contributed by atoms with Gasteiger partial charge in [0.05, 0.1) is 20.8 Å². The number of carbonyl (C=O) groups excluding carboxylic acids is 2. The molecule has 0 aliphatic rings. The molecule has 0 saturated heterocycles. The van der Waals surface area contributed by atoms with Gasteiger partial charge < -0.3 is 24.8 Å². The Morgan fingerprint density at radius 1 is 0.800 bits per heavy atom. The number of rotatable bonds is 11. The highest BCUT2D eigenvalue weighted by molar-refractivity contribution is 6.10. The lowest BCUT2D eigenvalue weighted by Crippen LogP contribution is -2.30. The van der Waals surface area contributed by atoms with E-state index in [9.17, 15) is 9.59 Å². The van der Waals surface area contributed by atoms with Gasteiger partial charge >= 0.3 is 0 Å². The molecule has 0 fully saturated rings. The summed E-state index contributed by atoms with van der Waals surface area (Å²) < 4.78 is 16.0. The molecular formula is C28H30N2O5. The summed E-state index contributed by atoms with van der Waals surface area (Å²) in [6.45, 7) is 2.72. The second-order valence-corrected chi connectivity index (χ2v) is 7.69. The van der Waals surface area contributed by atoms with Crippen LogP contribution in [0.3, 0.4) is 0 Å². The van der Waals surface area contributed by atoms with E-state index in [1.165, 1.54) is 0 Å². The number of methoxy groups -OCH3 is 2. The lowest BCUT2D eigenvalue weighted by atomic mass is 10.1. The van der Waals surface area contributed by atoms with Crippen LogP contribution in [0.15, 0.2) is 78.5 Å². The molecule has 0 saturated carbocycles. The maximum atomic E-state index is 13.1. The summed E-state index contributed by atoms with van der Waals surface area (Å²) in [6.07, 6.45) is 3.62. The van der Waals surface area contributed by atoms with Crippen molar-refractivity contribution in [3.63, 3.8) is 0 Å². The largest absolute Gasteiger partial charge is 0.497 e. The molecule has 2 amide bonds. The summed E-state index contributed by atoms with van der Waals surface area (Å²) in [6, 6.07) is 20.9. The minimum absolute atomic E-state index is 0.0965. The number of benzene rings is 3. The molecule has 0 aromatic heterocycles. The van der Waals surface area contributed by atoms with Crippen LogP contribution in [0.25, 0.3) is 6.08 Å². The first kappa shape index (κ1) is 25.4. The van der Waals surface area contributed by atoms with Crippen molar-refractivity contribution < 1.29 is 23.8 Å². The van der Waals surface area contributed by atoms with Crippen molar-refractivity contribution >= 4 is 23.6 Å². The fraction of sp³-hybridized carbons (Fsp3) is 0.214. The van der Waals surface area contributed by atoms with Crippen LogP contribution in [-0.2, 0) is 4.79 Å². The van der Waals surface area contributed by atoms with Crippen molar-refractivity contribution in [1.82, 2.24) is 5.32 Å². The molecule has 0 radical (unpaired) electrons.